The van der Waals surface area contributed by atoms with Crippen LogP contribution in [0.1, 0.15) is 6.92 Å². The molecule has 0 aromatic rings. The van der Waals surface area contributed by atoms with E-state index in [2.05, 4.69) is 18.9 Å². The summed E-state index contributed by atoms with van der Waals surface area (Å²) >= 11 is 0. The molecule has 4 N–H and O–H groups in total. The summed E-state index contributed by atoms with van der Waals surface area (Å²) in [5.74, 6) is -3.00. The van der Waals surface area contributed by atoms with Gasteiger partial charge in [0.1, 0.15) is 0 Å². The first-order valence-electron chi connectivity index (χ1n) is 4.26. The third-order valence-electron chi connectivity index (χ3n) is 0.744. The Morgan fingerprint density at radius 2 is 1.39 bits per heavy atom. The number of primary amides is 1. The molecule has 0 saturated carbocycles. The van der Waals surface area contributed by atoms with Crippen LogP contribution in [0.5, 0.6) is 0 Å². The Bertz CT molecular complexity index is 323. The van der Waals surface area contributed by atoms with Crippen LogP contribution in [0.3, 0.4) is 0 Å². The number of amides is 1. The van der Waals surface area contributed by atoms with Crippen LogP contribution < -0.4 is 5.73 Å². The molecule has 7 nitrogen and oxygen atoms in total. The van der Waals surface area contributed by atoms with E-state index in [1.165, 1.54) is 0 Å². The molecule has 99 valence electrons. The zero-order valence-corrected chi connectivity index (χ0v) is 9.75. The summed E-state index contributed by atoms with van der Waals surface area (Å²) in [6.07, 6.45) is 3.75. The Hall–Kier alpha value is -2.70. The predicted octanol–water partition coefficient (Wildman–Crippen LogP) is 0.0417. The highest BCUT2D eigenvalue weighted by Crippen LogP contribution is 1.71. The van der Waals surface area contributed by atoms with Crippen molar-refractivity contribution >= 4 is 24.1 Å². The van der Waals surface area contributed by atoms with Gasteiger partial charge in [0, 0.05) is 12.2 Å². The third kappa shape index (κ3) is 50.7. The van der Waals surface area contributed by atoms with Crippen molar-refractivity contribution in [3.63, 3.8) is 0 Å². The molecule has 18 heavy (non-hydrogen) atoms. The van der Waals surface area contributed by atoms with E-state index in [-0.39, 0.29) is 0 Å². The van der Waals surface area contributed by atoms with Gasteiger partial charge >= 0.3 is 11.9 Å². The Morgan fingerprint density at radius 1 is 1.17 bits per heavy atom. The number of nitrogens with two attached hydrogens (primary N) is 1. The number of carboxylic acid groups (broad SMARTS) is 2. The van der Waals surface area contributed by atoms with E-state index in [1.54, 1.807) is 13.2 Å². The fourth-order valence-corrected chi connectivity index (χ4v) is 0.143. The number of hydrogen-bond acceptors (Lipinski definition) is 4. The van der Waals surface area contributed by atoms with Gasteiger partial charge in [0.2, 0.25) is 12.2 Å². The molecule has 0 fully saturated rings. The standard InChI is InChI=1S/C4H4O4.C4H5O.C3H5NO/c5-3(6)1-2-4(7)8;1-4(2)3-5;1-2-3(4)5/h1-2H,(H,5,6)(H,7,8);1H2,2H3;2H,1H2,(H2,4,5)/b2-1-;;. The molecular formula is C11H14NO6. The Morgan fingerprint density at radius 3 is 1.44 bits per heavy atom. The van der Waals surface area contributed by atoms with Crippen LogP contribution in [0.25, 0.3) is 0 Å². The highest BCUT2D eigenvalue weighted by Gasteiger charge is 1.88. The monoisotopic (exact) mass is 256 g/mol. The molecular weight excluding hydrogens is 242 g/mol. The van der Waals surface area contributed by atoms with E-state index in [1.807, 2.05) is 0 Å². The fraction of sp³-hybridized carbons (Fsp3) is 0.0909. The van der Waals surface area contributed by atoms with Gasteiger partial charge in [0.05, 0.1) is 0 Å². The molecule has 0 aromatic carbocycles. The maximum Gasteiger partial charge on any atom is 0.328 e. The van der Waals surface area contributed by atoms with Gasteiger partial charge in [-0.05, 0) is 18.6 Å². The second-order valence-corrected chi connectivity index (χ2v) is 2.50. The summed E-state index contributed by atoms with van der Waals surface area (Å²) in [7, 11) is 0. The minimum atomic E-state index is -1.26. The van der Waals surface area contributed by atoms with Gasteiger partial charge in [-0.3, -0.25) is 9.59 Å². The summed E-state index contributed by atoms with van der Waals surface area (Å²) in [5.41, 5.74) is 4.98. The second-order valence-electron chi connectivity index (χ2n) is 2.50. The number of allylic oxidation sites excluding steroid dienone is 1. The lowest BCUT2D eigenvalue weighted by molar-refractivity contribution is -0.134. The van der Waals surface area contributed by atoms with Crippen LogP contribution >= 0.6 is 0 Å². The zero-order chi connectivity index (χ0) is 15.1. The first-order valence-corrected chi connectivity index (χ1v) is 4.26. The number of carboxylic acids is 2. The molecule has 0 aliphatic heterocycles. The van der Waals surface area contributed by atoms with Gasteiger partial charge in [-0.1, -0.05) is 13.2 Å². The quantitative estimate of drug-likeness (QED) is 0.608. The lowest BCUT2D eigenvalue weighted by atomic mass is 10.4. The van der Waals surface area contributed by atoms with Crippen molar-refractivity contribution in [2.45, 2.75) is 6.92 Å². The lowest BCUT2D eigenvalue weighted by Crippen LogP contribution is -2.04. The predicted molar refractivity (Wildman–Crippen MR) is 64.3 cm³/mol. The van der Waals surface area contributed by atoms with Crippen LogP contribution in [0.2, 0.25) is 0 Å². The number of hydrogen-bond donors (Lipinski definition) is 3. The number of carbonyl (C=O) groups excluding carboxylic acids is 2. The molecule has 0 aromatic heterocycles. The number of rotatable bonds is 4. The first-order chi connectivity index (χ1) is 8.17. The molecule has 1 radical (unpaired) electrons. The highest BCUT2D eigenvalue weighted by molar-refractivity contribution is 5.89. The van der Waals surface area contributed by atoms with Gasteiger partial charge in [-0.2, -0.15) is 0 Å². The summed E-state index contributed by atoms with van der Waals surface area (Å²) in [5, 5.41) is 15.6. The Kier molecular flexibility index (Phi) is 16.4. The molecule has 0 bridgehead atoms. The van der Waals surface area contributed by atoms with Crippen molar-refractivity contribution in [1.29, 1.82) is 0 Å². The minimum Gasteiger partial charge on any atom is -0.478 e. The van der Waals surface area contributed by atoms with Crippen molar-refractivity contribution in [3.8, 4) is 0 Å². The molecule has 0 unspecified atom stereocenters. The van der Waals surface area contributed by atoms with E-state index in [0.29, 0.717) is 17.7 Å². The van der Waals surface area contributed by atoms with Gasteiger partial charge in [-0.25, -0.2) is 9.59 Å². The molecule has 0 aliphatic rings. The molecule has 0 atom stereocenters. The van der Waals surface area contributed by atoms with E-state index in [4.69, 9.17) is 10.2 Å². The highest BCUT2D eigenvalue weighted by atomic mass is 16.4. The van der Waals surface area contributed by atoms with E-state index < -0.39 is 17.8 Å². The first kappa shape index (κ1) is 20.7. The zero-order valence-electron chi connectivity index (χ0n) is 9.75. The minimum absolute atomic E-state index is 0.449. The molecule has 0 rings (SSSR count). The largest absolute Gasteiger partial charge is 0.478 e. The maximum atomic E-state index is 9.55. The van der Waals surface area contributed by atoms with Crippen molar-refractivity contribution in [1.82, 2.24) is 0 Å². The smallest absolute Gasteiger partial charge is 0.328 e. The van der Waals surface area contributed by atoms with Crippen LogP contribution in [0, 0.1) is 0 Å². The number of carbonyl (C=O) groups is 3. The van der Waals surface area contributed by atoms with Crippen molar-refractivity contribution in [3.05, 3.63) is 37.0 Å². The van der Waals surface area contributed by atoms with Gasteiger partial charge < -0.3 is 15.9 Å². The van der Waals surface area contributed by atoms with E-state index >= 15 is 0 Å². The molecule has 0 aliphatic carbocycles. The van der Waals surface area contributed by atoms with Crippen LogP contribution in [0.15, 0.2) is 37.0 Å². The van der Waals surface area contributed by atoms with Crippen LogP contribution in [-0.2, 0) is 19.2 Å². The van der Waals surface area contributed by atoms with Crippen LogP contribution in [0.4, 0.5) is 0 Å². The van der Waals surface area contributed by atoms with Crippen LogP contribution in [-0.4, -0.2) is 34.3 Å². The van der Waals surface area contributed by atoms with E-state index in [0.717, 1.165) is 6.08 Å². The average Bonchev–Trinajstić information content (AvgIpc) is 2.27. The van der Waals surface area contributed by atoms with Gasteiger partial charge in [0.15, 0.2) is 0 Å². The van der Waals surface area contributed by atoms with E-state index in [9.17, 15) is 19.2 Å². The lowest BCUT2D eigenvalue weighted by Gasteiger charge is -1.74. The second kappa shape index (κ2) is 14.3. The fourth-order valence-electron chi connectivity index (χ4n) is 0.143. The summed E-state index contributed by atoms with van der Waals surface area (Å²) in [6.45, 7) is 7.94. The van der Waals surface area contributed by atoms with Gasteiger partial charge in [-0.15, -0.1) is 0 Å². The summed E-state index contributed by atoms with van der Waals surface area (Å²) < 4.78 is 0. The Labute approximate surface area is 104 Å². The van der Waals surface area contributed by atoms with Crippen molar-refractivity contribution in [2.75, 3.05) is 0 Å². The third-order valence-corrected chi connectivity index (χ3v) is 0.744. The Balaban J connectivity index is -0.000000197. The summed E-state index contributed by atoms with van der Waals surface area (Å²) in [6, 6.07) is 0. The normalized spacial score (nSPS) is 7.83. The number of aliphatic carboxylic acids is 2. The SMILES string of the molecule is C=C(C)[C]=O.C=CC(N)=O.O=C(O)/C=C\C(=O)O. The van der Waals surface area contributed by atoms with Crippen molar-refractivity contribution in [2.24, 2.45) is 5.73 Å². The average molecular weight is 256 g/mol. The van der Waals surface area contributed by atoms with Crippen molar-refractivity contribution < 1.29 is 29.4 Å². The maximum absolute atomic E-state index is 9.55. The molecule has 0 spiro atoms. The molecule has 1 amide bonds. The topological polar surface area (TPSA) is 135 Å². The van der Waals surface area contributed by atoms with Gasteiger partial charge in [0.25, 0.3) is 0 Å². The molecule has 0 heterocycles. The molecule has 7 heteroatoms. The summed E-state index contributed by atoms with van der Waals surface area (Å²) in [4.78, 5) is 37.9. The molecule has 0 saturated heterocycles.